The van der Waals surface area contributed by atoms with E-state index in [1.54, 1.807) is 0 Å². The maximum absolute atomic E-state index is 12.3. The number of aromatic nitrogens is 4. The van der Waals surface area contributed by atoms with Gasteiger partial charge in [0.05, 0.1) is 34.1 Å². The second kappa shape index (κ2) is 8.17. The van der Waals surface area contributed by atoms with Crippen LogP contribution in [0.5, 0.6) is 0 Å². The summed E-state index contributed by atoms with van der Waals surface area (Å²) in [4.78, 5) is 16.3. The summed E-state index contributed by atoms with van der Waals surface area (Å²) in [5, 5.41) is 9.70. The minimum Gasteiger partial charge on any atom is -0.444 e. The van der Waals surface area contributed by atoms with Gasteiger partial charge in [0, 0.05) is 25.0 Å². The Morgan fingerprint density at radius 1 is 1.25 bits per heavy atom. The lowest BCUT2D eigenvalue weighted by Gasteiger charge is -2.58. The number of hydrogen-bond acceptors (Lipinski definition) is 5. The summed E-state index contributed by atoms with van der Waals surface area (Å²) in [6.45, 7) is 13.2. The molecule has 0 bridgehead atoms. The highest BCUT2D eigenvalue weighted by Gasteiger charge is 2.55. The maximum Gasteiger partial charge on any atom is 0.410 e. The molecule has 1 aliphatic heterocycles. The molecule has 4 rings (SSSR count). The summed E-state index contributed by atoms with van der Waals surface area (Å²) in [5.74, 6) is 0. The van der Waals surface area contributed by atoms with Crippen LogP contribution in [0.2, 0.25) is 0 Å². The number of halogens is 1. The molecule has 9 heteroatoms. The molecule has 1 saturated carbocycles. The van der Waals surface area contributed by atoms with Gasteiger partial charge in [-0.25, -0.2) is 4.79 Å². The largest absolute Gasteiger partial charge is 0.444 e. The van der Waals surface area contributed by atoms with Crippen LogP contribution < -0.4 is 0 Å². The predicted molar refractivity (Wildman–Crippen MR) is 128 cm³/mol. The normalized spacial score (nSPS) is 18.2. The molecule has 0 radical (unpaired) electrons. The highest BCUT2D eigenvalue weighted by atomic mass is 79.9. The molecule has 32 heavy (non-hydrogen) atoms. The van der Waals surface area contributed by atoms with Gasteiger partial charge in [-0.05, 0) is 83.6 Å². The molecule has 1 saturated heterocycles. The Labute approximate surface area is 199 Å². The van der Waals surface area contributed by atoms with Gasteiger partial charge in [-0.2, -0.15) is 10.2 Å². The monoisotopic (exact) mass is 506 g/mol. The van der Waals surface area contributed by atoms with Gasteiger partial charge in [0.15, 0.2) is 0 Å². The third-order valence-corrected chi connectivity index (χ3v) is 7.32. The SMILES string of the molecule is Cc1cc(-c2nn(C3CC4(C3)CN(C(=O)OC(C)(C)C)C4)c(C)c2Br)n(CCN(C)C)n1. The maximum atomic E-state index is 12.3. The predicted octanol–water partition coefficient (Wildman–Crippen LogP) is 4.26. The lowest BCUT2D eigenvalue weighted by atomic mass is 9.61. The molecule has 3 heterocycles. The zero-order valence-corrected chi connectivity index (χ0v) is 21.9. The fourth-order valence-corrected chi connectivity index (χ4v) is 5.27. The van der Waals surface area contributed by atoms with Crippen LogP contribution in [0.3, 0.4) is 0 Å². The van der Waals surface area contributed by atoms with E-state index in [4.69, 9.17) is 9.84 Å². The number of ether oxygens (including phenoxy) is 1. The van der Waals surface area contributed by atoms with Crippen LogP contribution >= 0.6 is 15.9 Å². The van der Waals surface area contributed by atoms with Gasteiger partial charge in [-0.15, -0.1) is 0 Å². The van der Waals surface area contributed by atoms with Crippen molar-refractivity contribution >= 4 is 22.0 Å². The number of likely N-dealkylation sites (N-methyl/N-ethyl adjacent to an activating group) is 1. The Bertz CT molecular complexity index is 1000. The minimum absolute atomic E-state index is 0.201. The van der Waals surface area contributed by atoms with Crippen LogP contribution in [0.25, 0.3) is 11.4 Å². The number of aryl methyl sites for hydroxylation is 1. The second-order valence-corrected chi connectivity index (χ2v) is 11.6. The first-order valence-electron chi connectivity index (χ1n) is 11.3. The molecule has 2 aromatic rings. The molecule has 0 atom stereocenters. The van der Waals surface area contributed by atoms with E-state index in [0.29, 0.717) is 6.04 Å². The summed E-state index contributed by atoms with van der Waals surface area (Å²) in [7, 11) is 4.14. The molecule has 0 aromatic carbocycles. The highest BCUT2D eigenvalue weighted by molar-refractivity contribution is 9.10. The third kappa shape index (κ3) is 4.46. The number of nitrogens with zero attached hydrogens (tertiary/aromatic N) is 6. The van der Waals surface area contributed by atoms with E-state index in [1.165, 1.54) is 0 Å². The van der Waals surface area contributed by atoms with Crippen molar-refractivity contribution < 1.29 is 9.53 Å². The summed E-state index contributed by atoms with van der Waals surface area (Å²) in [5.41, 5.74) is 3.90. The zero-order valence-electron chi connectivity index (χ0n) is 20.3. The lowest BCUT2D eigenvalue weighted by Crippen LogP contribution is -2.64. The molecule has 2 aromatic heterocycles. The molecular weight excluding hydrogens is 472 g/mol. The van der Waals surface area contributed by atoms with Crippen molar-refractivity contribution in [2.45, 2.75) is 65.6 Å². The summed E-state index contributed by atoms with van der Waals surface area (Å²) < 4.78 is 10.8. The number of carbonyl (C=O) groups is 1. The fraction of sp³-hybridized carbons (Fsp3) is 0.696. The van der Waals surface area contributed by atoms with Crippen molar-refractivity contribution in [1.29, 1.82) is 0 Å². The average Bonchev–Trinajstić information content (AvgIpc) is 3.10. The van der Waals surface area contributed by atoms with Crippen molar-refractivity contribution in [1.82, 2.24) is 29.4 Å². The van der Waals surface area contributed by atoms with Crippen molar-refractivity contribution in [2.24, 2.45) is 5.41 Å². The Morgan fingerprint density at radius 3 is 2.50 bits per heavy atom. The lowest BCUT2D eigenvalue weighted by molar-refractivity contribution is -0.0930. The van der Waals surface area contributed by atoms with Gasteiger partial charge in [-0.1, -0.05) is 0 Å². The minimum atomic E-state index is -0.450. The van der Waals surface area contributed by atoms with Crippen LogP contribution in [0.1, 0.15) is 51.0 Å². The highest BCUT2D eigenvalue weighted by Crippen LogP contribution is 2.55. The van der Waals surface area contributed by atoms with Crippen molar-refractivity contribution in [3.63, 3.8) is 0 Å². The number of likely N-dealkylation sites (tertiary alicyclic amines) is 1. The van der Waals surface area contributed by atoms with Gasteiger partial charge >= 0.3 is 6.09 Å². The Hall–Kier alpha value is -1.87. The average molecular weight is 507 g/mol. The first kappa shape index (κ1) is 23.3. The van der Waals surface area contributed by atoms with E-state index >= 15 is 0 Å². The summed E-state index contributed by atoms with van der Waals surface area (Å²) >= 11 is 3.79. The van der Waals surface area contributed by atoms with Crippen molar-refractivity contribution in [2.75, 3.05) is 33.7 Å². The van der Waals surface area contributed by atoms with Gasteiger partial charge < -0.3 is 14.5 Å². The molecule has 1 aliphatic carbocycles. The van der Waals surface area contributed by atoms with E-state index in [1.807, 2.05) is 32.6 Å². The number of carbonyl (C=O) groups excluding carboxylic acids is 1. The van der Waals surface area contributed by atoms with E-state index < -0.39 is 5.60 Å². The van der Waals surface area contributed by atoms with Crippen LogP contribution in [-0.2, 0) is 11.3 Å². The first-order valence-corrected chi connectivity index (χ1v) is 12.1. The van der Waals surface area contributed by atoms with Crippen molar-refractivity contribution in [3.8, 4) is 11.4 Å². The standard InChI is InChI=1S/C23H35BrN6O2/c1-15-10-18(29(25-15)9-8-27(6)7)20-19(24)16(2)30(26-20)17-11-23(12-17)13-28(14-23)21(31)32-22(3,4)5/h10,17H,8-9,11-14H2,1-7H3. The Balaban J connectivity index is 1.44. The summed E-state index contributed by atoms with van der Waals surface area (Å²) in [6.07, 6.45) is 1.88. The Kier molecular flexibility index (Phi) is 5.94. The van der Waals surface area contributed by atoms with Crippen molar-refractivity contribution in [3.05, 3.63) is 21.9 Å². The third-order valence-electron chi connectivity index (χ3n) is 6.37. The number of hydrogen-bond donors (Lipinski definition) is 0. The van der Waals surface area contributed by atoms with Gasteiger partial charge in [0.2, 0.25) is 0 Å². The smallest absolute Gasteiger partial charge is 0.410 e. The summed E-state index contributed by atoms with van der Waals surface area (Å²) in [6, 6.07) is 2.47. The molecule has 8 nitrogen and oxygen atoms in total. The van der Waals surface area contributed by atoms with E-state index in [9.17, 15) is 4.79 Å². The molecule has 176 valence electrons. The van der Waals surface area contributed by atoms with Crippen LogP contribution in [0, 0.1) is 19.3 Å². The molecule has 1 amide bonds. The second-order valence-electron chi connectivity index (χ2n) is 10.8. The zero-order chi connectivity index (χ0) is 23.4. The number of amides is 1. The van der Waals surface area contributed by atoms with Gasteiger partial charge in [-0.3, -0.25) is 9.36 Å². The van der Waals surface area contributed by atoms with Crippen LogP contribution in [0.4, 0.5) is 4.79 Å². The van der Waals surface area contributed by atoms with E-state index in [0.717, 1.165) is 66.3 Å². The van der Waals surface area contributed by atoms with E-state index in [-0.39, 0.29) is 11.5 Å². The Morgan fingerprint density at radius 2 is 1.91 bits per heavy atom. The molecule has 0 N–H and O–H groups in total. The van der Waals surface area contributed by atoms with Gasteiger partial charge in [0.1, 0.15) is 11.3 Å². The molecule has 0 unspecified atom stereocenters. The quantitative estimate of drug-likeness (QED) is 0.605. The van der Waals surface area contributed by atoms with Crippen LogP contribution in [0.15, 0.2) is 10.5 Å². The molecular formula is C23H35BrN6O2. The molecule has 2 aliphatic rings. The first-order chi connectivity index (χ1) is 14.9. The number of rotatable bonds is 5. The van der Waals surface area contributed by atoms with Gasteiger partial charge in [0.25, 0.3) is 0 Å². The fourth-order valence-electron chi connectivity index (χ4n) is 4.81. The van der Waals surface area contributed by atoms with E-state index in [2.05, 4.69) is 62.4 Å². The molecule has 1 spiro atoms. The van der Waals surface area contributed by atoms with Crippen LogP contribution in [-0.4, -0.2) is 74.8 Å². The molecule has 2 fully saturated rings. The topological polar surface area (TPSA) is 68.4 Å².